The molecule has 0 saturated carbocycles. The summed E-state index contributed by atoms with van der Waals surface area (Å²) in [4.78, 5) is 11.2. The molecule has 0 aliphatic rings. The van der Waals surface area contributed by atoms with Crippen molar-refractivity contribution in [1.82, 2.24) is 0 Å². The van der Waals surface area contributed by atoms with E-state index in [4.69, 9.17) is 25.5 Å². The van der Waals surface area contributed by atoms with Crippen LogP contribution in [0.1, 0.15) is 10.6 Å². The number of benzene rings is 1. The number of furan rings is 1. The van der Waals surface area contributed by atoms with Gasteiger partial charge in [-0.1, -0.05) is 11.6 Å². The lowest BCUT2D eigenvalue weighted by molar-refractivity contribution is 0.0560. The number of halogens is 1. The van der Waals surface area contributed by atoms with E-state index >= 15 is 0 Å². The number of rotatable bonds is 4. The Balaban J connectivity index is 2.23. The van der Waals surface area contributed by atoms with Crippen LogP contribution in [0.4, 0.5) is 0 Å². The first kappa shape index (κ1) is 13.3. The van der Waals surface area contributed by atoms with E-state index < -0.39 is 5.97 Å². The molecule has 0 atom stereocenters. The van der Waals surface area contributed by atoms with E-state index in [9.17, 15) is 4.79 Å². The Kier molecular flexibility index (Phi) is 3.97. The molecule has 1 heterocycles. The summed E-state index contributed by atoms with van der Waals surface area (Å²) in [5.74, 6) is 0.508. The highest BCUT2D eigenvalue weighted by Crippen LogP contribution is 2.34. The fourth-order valence-electron chi connectivity index (χ4n) is 1.42. The van der Waals surface area contributed by atoms with E-state index in [-0.39, 0.29) is 11.7 Å². The zero-order valence-electron chi connectivity index (χ0n) is 10.3. The molecule has 2 rings (SSSR count). The van der Waals surface area contributed by atoms with Gasteiger partial charge in [-0.15, -0.1) is 0 Å². The Bertz CT molecular complexity index is 590. The molecule has 0 fully saturated rings. The van der Waals surface area contributed by atoms with Gasteiger partial charge in [0, 0.05) is 17.2 Å². The number of methoxy groups -OCH3 is 2. The largest absolute Gasteiger partial charge is 0.493 e. The second-order valence-electron chi connectivity index (χ2n) is 3.51. The van der Waals surface area contributed by atoms with Crippen LogP contribution in [0, 0.1) is 0 Å². The lowest BCUT2D eigenvalue weighted by Crippen LogP contribution is -1.98. The number of carbonyl (C=O) groups is 1. The number of esters is 1. The van der Waals surface area contributed by atoms with Crippen LogP contribution in [0.2, 0.25) is 5.02 Å². The molecule has 6 heteroatoms. The lowest BCUT2D eigenvalue weighted by Gasteiger charge is -2.08. The molecule has 0 saturated heterocycles. The smallest absolute Gasteiger partial charge is 0.374 e. The molecule has 0 unspecified atom stereocenters. The van der Waals surface area contributed by atoms with Crippen molar-refractivity contribution in [2.24, 2.45) is 0 Å². The van der Waals surface area contributed by atoms with Crippen molar-refractivity contribution in [1.29, 1.82) is 0 Å². The van der Waals surface area contributed by atoms with Gasteiger partial charge in [-0.3, -0.25) is 0 Å². The molecule has 0 amide bonds. The number of carbonyl (C=O) groups excluding carboxylic acids is 1. The van der Waals surface area contributed by atoms with Crippen LogP contribution in [0.5, 0.6) is 17.4 Å². The zero-order valence-corrected chi connectivity index (χ0v) is 11.1. The van der Waals surface area contributed by atoms with Crippen LogP contribution >= 0.6 is 11.6 Å². The van der Waals surface area contributed by atoms with Gasteiger partial charge in [0.25, 0.3) is 5.95 Å². The molecule has 1 aromatic heterocycles. The molecule has 0 radical (unpaired) electrons. The molecule has 5 nitrogen and oxygen atoms in total. The van der Waals surface area contributed by atoms with Crippen LogP contribution in [0.15, 0.2) is 34.7 Å². The first-order chi connectivity index (χ1) is 9.13. The summed E-state index contributed by atoms with van der Waals surface area (Å²) in [7, 11) is 2.78. The maximum absolute atomic E-state index is 11.2. The molecule has 0 spiro atoms. The molecule has 0 aliphatic heterocycles. The molecule has 1 aromatic carbocycles. The summed E-state index contributed by atoms with van der Waals surface area (Å²) >= 11 is 5.88. The second-order valence-corrected chi connectivity index (χ2v) is 3.94. The van der Waals surface area contributed by atoms with Gasteiger partial charge in [0.2, 0.25) is 5.76 Å². The summed E-state index contributed by atoms with van der Waals surface area (Å²) in [6.07, 6.45) is 0. The van der Waals surface area contributed by atoms with Gasteiger partial charge in [-0.2, -0.15) is 0 Å². The quantitative estimate of drug-likeness (QED) is 0.803. The Morgan fingerprint density at radius 1 is 1.16 bits per heavy atom. The molecule has 0 N–H and O–H groups in total. The number of hydrogen-bond donors (Lipinski definition) is 0. The van der Waals surface area contributed by atoms with Crippen LogP contribution in [-0.2, 0) is 4.74 Å². The van der Waals surface area contributed by atoms with Crippen LogP contribution in [0.25, 0.3) is 0 Å². The zero-order chi connectivity index (χ0) is 13.8. The predicted octanol–water partition coefficient (Wildman–Crippen LogP) is 3.52. The first-order valence-corrected chi connectivity index (χ1v) is 5.71. The average molecular weight is 283 g/mol. The highest BCUT2D eigenvalue weighted by molar-refractivity contribution is 6.30. The topological polar surface area (TPSA) is 57.9 Å². The maximum Gasteiger partial charge on any atom is 0.374 e. The van der Waals surface area contributed by atoms with Crippen molar-refractivity contribution < 1.29 is 23.4 Å². The van der Waals surface area contributed by atoms with Gasteiger partial charge in [-0.05, 0) is 18.2 Å². The van der Waals surface area contributed by atoms with E-state index in [2.05, 4.69) is 4.74 Å². The third-order valence-electron chi connectivity index (χ3n) is 2.30. The van der Waals surface area contributed by atoms with E-state index in [1.165, 1.54) is 26.4 Å². The fraction of sp³-hybridized carbons (Fsp3) is 0.154. The molecule has 0 aliphatic carbocycles. The van der Waals surface area contributed by atoms with Crippen molar-refractivity contribution in [3.63, 3.8) is 0 Å². The van der Waals surface area contributed by atoms with Crippen molar-refractivity contribution in [2.45, 2.75) is 0 Å². The number of ether oxygens (including phenoxy) is 3. The molecular weight excluding hydrogens is 272 g/mol. The third kappa shape index (κ3) is 3.00. The first-order valence-electron chi connectivity index (χ1n) is 5.33. The molecular formula is C13H11ClO5. The predicted molar refractivity (Wildman–Crippen MR) is 68.1 cm³/mol. The van der Waals surface area contributed by atoms with E-state index in [1.807, 2.05) is 0 Å². The molecule has 0 bridgehead atoms. The van der Waals surface area contributed by atoms with E-state index in [0.29, 0.717) is 16.5 Å². The standard InChI is InChI=1S/C13H11ClO5/c1-16-9-4-3-8(14)7-11(9)19-12-6-5-10(18-12)13(15)17-2/h3-7H,1-2H3. The van der Waals surface area contributed by atoms with Crippen molar-refractivity contribution in [3.05, 3.63) is 41.1 Å². The highest BCUT2D eigenvalue weighted by Gasteiger charge is 2.14. The van der Waals surface area contributed by atoms with Gasteiger partial charge >= 0.3 is 5.97 Å². The Labute approximate surface area is 114 Å². The van der Waals surface area contributed by atoms with Crippen LogP contribution in [0.3, 0.4) is 0 Å². The Morgan fingerprint density at radius 2 is 1.95 bits per heavy atom. The summed E-state index contributed by atoms with van der Waals surface area (Å²) in [6, 6.07) is 7.89. The van der Waals surface area contributed by atoms with Crippen LogP contribution < -0.4 is 9.47 Å². The average Bonchev–Trinajstić information content (AvgIpc) is 2.86. The summed E-state index contributed by atoms with van der Waals surface area (Å²) < 4.78 is 20.3. The van der Waals surface area contributed by atoms with E-state index in [0.717, 1.165) is 0 Å². The number of hydrogen-bond acceptors (Lipinski definition) is 5. The lowest BCUT2D eigenvalue weighted by atomic mass is 10.3. The highest BCUT2D eigenvalue weighted by atomic mass is 35.5. The SMILES string of the molecule is COC(=O)c1ccc(Oc2cc(Cl)ccc2OC)o1. The molecule has 100 valence electrons. The fourth-order valence-corrected chi connectivity index (χ4v) is 1.59. The summed E-state index contributed by atoms with van der Waals surface area (Å²) in [6.45, 7) is 0. The van der Waals surface area contributed by atoms with E-state index in [1.54, 1.807) is 18.2 Å². The van der Waals surface area contributed by atoms with Crippen LogP contribution in [-0.4, -0.2) is 20.2 Å². The van der Waals surface area contributed by atoms with Gasteiger partial charge in [0.1, 0.15) is 0 Å². The molecule has 2 aromatic rings. The summed E-state index contributed by atoms with van der Waals surface area (Å²) in [5, 5.41) is 0.496. The van der Waals surface area contributed by atoms with Gasteiger partial charge in [0.15, 0.2) is 11.5 Å². The normalized spacial score (nSPS) is 10.1. The monoisotopic (exact) mass is 282 g/mol. The van der Waals surface area contributed by atoms with Crippen molar-refractivity contribution in [2.75, 3.05) is 14.2 Å². The Hall–Kier alpha value is -2.14. The van der Waals surface area contributed by atoms with Crippen molar-refractivity contribution in [3.8, 4) is 17.4 Å². The minimum atomic E-state index is -0.576. The van der Waals surface area contributed by atoms with Crippen molar-refractivity contribution >= 4 is 17.6 Å². The van der Waals surface area contributed by atoms with Gasteiger partial charge in [0.05, 0.1) is 14.2 Å². The minimum Gasteiger partial charge on any atom is -0.493 e. The minimum absolute atomic E-state index is 0.0542. The van der Waals surface area contributed by atoms with Gasteiger partial charge in [-0.25, -0.2) is 4.79 Å². The third-order valence-corrected chi connectivity index (χ3v) is 2.54. The Morgan fingerprint density at radius 3 is 2.63 bits per heavy atom. The second kappa shape index (κ2) is 5.67. The molecule has 19 heavy (non-hydrogen) atoms. The summed E-state index contributed by atoms with van der Waals surface area (Å²) in [5.41, 5.74) is 0. The maximum atomic E-state index is 11.2. The van der Waals surface area contributed by atoms with Gasteiger partial charge < -0.3 is 18.6 Å².